The number of para-hydroxylation sites is 1. The van der Waals surface area contributed by atoms with Gasteiger partial charge in [-0.1, -0.05) is 18.2 Å². The van der Waals surface area contributed by atoms with Crippen molar-refractivity contribution in [1.29, 1.82) is 5.26 Å². The molecular weight excluding hydrogens is 188 g/mol. The van der Waals surface area contributed by atoms with Crippen LogP contribution in [0.25, 0.3) is 0 Å². The van der Waals surface area contributed by atoms with E-state index in [1.165, 1.54) is 12.6 Å². The van der Waals surface area contributed by atoms with Crippen molar-refractivity contribution in [2.45, 2.75) is 6.92 Å². The average Bonchev–Trinajstić information content (AvgIpc) is 2.32. The molecule has 3 heteroatoms. The highest BCUT2D eigenvalue weighted by molar-refractivity contribution is 5.46. The maximum atomic E-state index is 7.32. The molecule has 0 radical (unpaired) electrons. The molecule has 1 fully saturated rings. The average molecular weight is 204 g/mol. The number of ether oxygens (including phenoxy) is 1. The van der Waals surface area contributed by atoms with Gasteiger partial charge in [-0.25, -0.2) is 0 Å². The molecule has 1 aliphatic heterocycles. The van der Waals surface area contributed by atoms with E-state index in [2.05, 4.69) is 29.2 Å². The monoisotopic (exact) mass is 204 g/mol. The summed E-state index contributed by atoms with van der Waals surface area (Å²) in [5.74, 6) is 0. The Morgan fingerprint density at radius 1 is 1.20 bits per heavy atom. The summed E-state index contributed by atoms with van der Waals surface area (Å²) in [6.07, 6.45) is 0. The molecule has 0 atom stereocenters. The van der Waals surface area contributed by atoms with Crippen molar-refractivity contribution in [2.75, 3.05) is 31.2 Å². The Kier molecular flexibility index (Phi) is 5.28. The van der Waals surface area contributed by atoms with Crippen LogP contribution in [0.5, 0.6) is 0 Å². The number of hydrogen-bond acceptors (Lipinski definition) is 3. The van der Waals surface area contributed by atoms with Crippen molar-refractivity contribution in [3.05, 3.63) is 30.3 Å². The van der Waals surface area contributed by atoms with E-state index in [4.69, 9.17) is 10.00 Å². The highest BCUT2D eigenvalue weighted by Crippen LogP contribution is 2.13. The van der Waals surface area contributed by atoms with Crippen LogP contribution in [0.15, 0.2) is 30.3 Å². The third-order valence-electron chi connectivity index (χ3n) is 2.13. The number of benzene rings is 1. The summed E-state index contributed by atoms with van der Waals surface area (Å²) < 4.78 is 5.28. The highest BCUT2D eigenvalue weighted by atomic mass is 16.5. The van der Waals surface area contributed by atoms with Crippen LogP contribution in [0, 0.1) is 11.3 Å². The van der Waals surface area contributed by atoms with Gasteiger partial charge in [-0.05, 0) is 12.1 Å². The summed E-state index contributed by atoms with van der Waals surface area (Å²) in [4.78, 5) is 2.35. The number of morpholine rings is 1. The summed E-state index contributed by atoms with van der Waals surface area (Å²) in [5, 5.41) is 7.32. The first-order valence-corrected chi connectivity index (χ1v) is 5.07. The minimum Gasteiger partial charge on any atom is -0.378 e. The van der Waals surface area contributed by atoms with Gasteiger partial charge in [0.1, 0.15) is 0 Å². The summed E-state index contributed by atoms with van der Waals surface area (Å²) >= 11 is 0. The van der Waals surface area contributed by atoms with E-state index in [0.29, 0.717) is 0 Å². The highest BCUT2D eigenvalue weighted by Gasteiger charge is 2.09. The van der Waals surface area contributed by atoms with Gasteiger partial charge in [0.2, 0.25) is 0 Å². The fourth-order valence-corrected chi connectivity index (χ4v) is 1.46. The molecule has 1 heterocycles. The minimum atomic E-state index is 0.856. The first-order chi connectivity index (χ1) is 7.38. The van der Waals surface area contributed by atoms with Crippen LogP contribution in [0.1, 0.15) is 6.92 Å². The smallest absolute Gasteiger partial charge is 0.0642 e. The minimum absolute atomic E-state index is 0.856. The Morgan fingerprint density at radius 3 is 2.27 bits per heavy atom. The summed E-state index contributed by atoms with van der Waals surface area (Å²) in [5.41, 5.74) is 1.31. The Hall–Kier alpha value is -1.53. The number of nitrogens with zero attached hydrogens (tertiary/aromatic N) is 2. The van der Waals surface area contributed by atoms with Crippen molar-refractivity contribution >= 4 is 5.69 Å². The normalized spacial score (nSPS) is 14.8. The van der Waals surface area contributed by atoms with Crippen molar-refractivity contribution < 1.29 is 4.74 Å². The molecule has 2 rings (SSSR count). The van der Waals surface area contributed by atoms with E-state index < -0.39 is 0 Å². The van der Waals surface area contributed by atoms with Crippen LogP contribution in [0.2, 0.25) is 0 Å². The molecule has 15 heavy (non-hydrogen) atoms. The van der Waals surface area contributed by atoms with Gasteiger partial charge in [0.25, 0.3) is 0 Å². The van der Waals surface area contributed by atoms with Gasteiger partial charge in [-0.2, -0.15) is 5.26 Å². The van der Waals surface area contributed by atoms with E-state index in [9.17, 15) is 0 Å². The zero-order chi connectivity index (χ0) is 10.9. The molecule has 0 aromatic heterocycles. The van der Waals surface area contributed by atoms with Gasteiger partial charge < -0.3 is 9.64 Å². The Bertz CT molecular complexity index is 299. The van der Waals surface area contributed by atoms with E-state index in [1.54, 1.807) is 6.07 Å². The molecule has 0 amide bonds. The largest absolute Gasteiger partial charge is 0.378 e. The molecule has 0 bridgehead atoms. The van der Waals surface area contributed by atoms with Gasteiger partial charge in [0.15, 0.2) is 0 Å². The third kappa shape index (κ3) is 4.01. The maximum absolute atomic E-state index is 7.32. The standard InChI is InChI=1S/C10H13NO.C2H3N/c1-2-4-10(5-3-1)11-6-8-12-9-7-11;1-2-3/h1-5H,6-9H2;1H3. The van der Waals surface area contributed by atoms with Gasteiger partial charge in [0, 0.05) is 25.7 Å². The van der Waals surface area contributed by atoms with Gasteiger partial charge in [-0.3, -0.25) is 0 Å². The van der Waals surface area contributed by atoms with E-state index in [-0.39, 0.29) is 0 Å². The topological polar surface area (TPSA) is 36.3 Å². The first kappa shape index (κ1) is 11.5. The lowest BCUT2D eigenvalue weighted by molar-refractivity contribution is 0.122. The van der Waals surface area contributed by atoms with Crippen molar-refractivity contribution in [1.82, 2.24) is 0 Å². The van der Waals surface area contributed by atoms with E-state index >= 15 is 0 Å². The number of hydrogen-bond donors (Lipinski definition) is 0. The van der Waals surface area contributed by atoms with Crippen LogP contribution in [0.4, 0.5) is 5.69 Å². The molecule has 0 aliphatic carbocycles. The Morgan fingerprint density at radius 2 is 1.73 bits per heavy atom. The van der Waals surface area contributed by atoms with E-state index in [1.807, 2.05) is 6.07 Å². The van der Waals surface area contributed by atoms with Gasteiger partial charge in [0.05, 0.1) is 19.3 Å². The molecule has 1 aliphatic rings. The summed E-state index contributed by atoms with van der Waals surface area (Å²) in [6.45, 7) is 5.18. The summed E-state index contributed by atoms with van der Waals surface area (Å²) in [6, 6.07) is 12.2. The van der Waals surface area contributed by atoms with Crippen molar-refractivity contribution in [3.8, 4) is 6.07 Å². The molecule has 3 nitrogen and oxygen atoms in total. The zero-order valence-electron chi connectivity index (χ0n) is 9.02. The molecule has 0 unspecified atom stereocenters. The Balaban J connectivity index is 0.000000337. The second kappa shape index (κ2) is 6.86. The van der Waals surface area contributed by atoms with Crippen molar-refractivity contribution in [2.24, 2.45) is 0 Å². The van der Waals surface area contributed by atoms with Crippen LogP contribution in [0.3, 0.4) is 0 Å². The lowest BCUT2D eigenvalue weighted by atomic mass is 10.3. The quantitative estimate of drug-likeness (QED) is 0.702. The predicted molar refractivity (Wildman–Crippen MR) is 60.8 cm³/mol. The van der Waals surface area contributed by atoms with Crippen LogP contribution >= 0.6 is 0 Å². The number of nitriles is 1. The molecule has 0 spiro atoms. The second-order valence-electron chi connectivity index (χ2n) is 3.16. The van der Waals surface area contributed by atoms with Crippen LogP contribution in [-0.4, -0.2) is 26.3 Å². The molecule has 0 saturated carbocycles. The van der Waals surface area contributed by atoms with Crippen LogP contribution < -0.4 is 4.90 Å². The fourth-order valence-electron chi connectivity index (χ4n) is 1.46. The summed E-state index contributed by atoms with van der Waals surface area (Å²) in [7, 11) is 0. The molecule has 0 N–H and O–H groups in total. The molecular formula is C12H16N2O. The lowest BCUT2D eigenvalue weighted by Crippen LogP contribution is -2.36. The maximum Gasteiger partial charge on any atom is 0.0642 e. The van der Waals surface area contributed by atoms with Gasteiger partial charge in [-0.15, -0.1) is 0 Å². The molecule has 1 saturated heterocycles. The number of anilines is 1. The molecule has 1 aromatic carbocycles. The number of rotatable bonds is 1. The van der Waals surface area contributed by atoms with E-state index in [0.717, 1.165) is 26.3 Å². The zero-order valence-corrected chi connectivity index (χ0v) is 9.02. The van der Waals surface area contributed by atoms with Crippen molar-refractivity contribution in [3.63, 3.8) is 0 Å². The Labute approximate surface area is 90.9 Å². The molecule has 1 aromatic rings. The predicted octanol–water partition coefficient (Wildman–Crippen LogP) is 2.05. The third-order valence-corrected chi connectivity index (χ3v) is 2.13. The fraction of sp³-hybridized carbons (Fsp3) is 0.417. The SMILES string of the molecule is CC#N.c1ccc(N2CCOCC2)cc1. The first-order valence-electron chi connectivity index (χ1n) is 5.07. The van der Waals surface area contributed by atoms with Crippen LogP contribution in [-0.2, 0) is 4.74 Å². The van der Waals surface area contributed by atoms with Gasteiger partial charge >= 0.3 is 0 Å². The lowest BCUT2D eigenvalue weighted by Gasteiger charge is -2.28. The molecule has 80 valence electrons. The second-order valence-corrected chi connectivity index (χ2v) is 3.16.